The van der Waals surface area contributed by atoms with Crippen molar-refractivity contribution in [3.63, 3.8) is 0 Å². The van der Waals surface area contributed by atoms with Gasteiger partial charge in [-0.2, -0.15) is 0 Å². The van der Waals surface area contributed by atoms with E-state index in [1.165, 1.54) is 5.56 Å². The summed E-state index contributed by atoms with van der Waals surface area (Å²) < 4.78 is 1.07. The molecule has 1 aromatic rings. The van der Waals surface area contributed by atoms with Crippen LogP contribution in [0.3, 0.4) is 0 Å². The molecule has 0 radical (unpaired) electrons. The molecule has 4 heteroatoms. The zero-order valence-electron chi connectivity index (χ0n) is 9.44. The molecule has 2 N–H and O–H groups in total. The molecule has 1 unspecified atom stereocenters. The van der Waals surface area contributed by atoms with E-state index in [4.69, 9.17) is 5.73 Å². The first-order valence-electron chi connectivity index (χ1n) is 5.16. The molecule has 0 aliphatic carbocycles. The monoisotopic (exact) mass is 301 g/mol. The first-order chi connectivity index (χ1) is 7.50. The fraction of sp³-hybridized carbons (Fsp3) is 0.417. The maximum absolute atomic E-state index is 11.2. The SMILES string of the molecule is CC(C)C(SCc1ccc(Br)cc1)C(N)=O. The van der Waals surface area contributed by atoms with Crippen molar-refractivity contribution in [2.45, 2.75) is 24.9 Å². The third-order valence-electron chi connectivity index (χ3n) is 2.23. The molecule has 1 atom stereocenters. The second kappa shape index (κ2) is 6.30. The summed E-state index contributed by atoms with van der Waals surface area (Å²) in [6.07, 6.45) is 0. The van der Waals surface area contributed by atoms with Crippen molar-refractivity contribution in [3.8, 4) is 0 Å². The van der Waals surface area contributed by atoms with Gasteiger partial charge in [-0.25, -0.2) is 0 Å². The maximum atomic E-state index is 11.2. The molecule has 2 nitrogen and oxygen atoms in total. The molecule has 16 heavy (non-hydrogen) atoms. The lowest BCUT2D eigenvalue weighted by molar-refractivity contribution is -0.118. The minimum absolute atomic E-state index is 0.108. The molecular weight excluding hydrogens is 286 g/mol. The predicted octanol–water partition coefficient (Wildman–Crippen LogP) is 3.19. The Bertz CT molecular complexity index is 351. The van der Waals surface area contributed by atoms with E-state index in [2.05, 4.69) is 28.1 Å². The largest absolute Gasteiger partial charge is 0.369 e. The first kappa shape index (κ1) is 13.6. The Morgan fingerprint density at radius 3 is 2.38 bits per heavy atom. The Hall–Kier alpha value is -0.480. The van der Waals surface area contributed by atoms with Gasteiger partial charge in [0.15, 0.2) is 0 Å². The number of rotatable bonds is 5. The smallest absolute Gasteiger partial charge is 0.230 e. The van der Waals surface area contributed by atoms with Crippen LogP contribution < -0.4 is 5.73 Å². The Kier molecular flexibility index (Phi) is 5.35. The van der Waals surface area contributed by atoms with Crippen LogP contribution in [-0.4, -0.2) is 11.2 Å². The van der Waals surface area contributed by atoms with Gasteiger partial charge in [0.25, 0.3) is 0 Å². The highest BCUT2D eigenvalue weighted by Crippen LogP contribution is 2.24. The van der Waals surface area contributed by atoms with Crippen molar-refractivity contribution in [1.29, 1.82) is 0 Å². The number of benzene rings is 1. The Labute approximate surface area is 109 Å². The van der Waals surface area contributed by atoms with Crippen molar-refractivity contribution in [2.75, 3.05) is 0 Å². The van der Waals surface area contributed by atoms with Crippen LogP contribution in [0.1, 0.15) is 19.4 Å². The van der Waals surface area contributed by atoms with E-state index in [1.54, 1.807) is 11.8 Å². The van der Waals surface area contributed by atoms with Gasteiger partial charge in [0, 0.05) is 10.2 Å². The standard InChI is InChI=1S/C12H16BrNOS/c1-8(2)11(12(14)15)16-7-9-3-5-10(13)6-4-9/h3-6,8,11H,7H2,1-2H3,(H2,14,15). The van der Waals surface area contributed by atoms with Gasteiger partial charge >= 0.3 is 0 Å². The van der Waals surface area contributed by atoms with Gasteiger partial charge < -0.3 is 5.73 Å². The van der Waals surface area contributed by atoms with Crippen LogP contribution in [0.2, 0.25) is 0 Å². The summed E-state index contributed by atoms with van der Waals surface area (Å²) in [7, 11) is 0. The number of primary amides is 1. The molecule has 1 rings (SSSR count). The Morgan fingerprint density at radius 1 is 1.38 bits per heavy atom. The van der Waals surface area contributed by atoms with E-state index in [0.717, 1.165) is 10.2 Å². The van der Waals surface area contributed by atoms with Crippen LogP contribution in [0.25, 0.3) is 0 Å². The number of amides is 1. The van der Waals surface area contributed by atoms with Crippen molar-refractivity contribution in [3.05, 3.63) is 34.3 Å². The number of carbonyl (C=O) groups excluding carboxylic acids is 1. The zero-order chi connectivity index (χ0) is 12.1. The highest BCUT2D eigenvalue weighted by molar-refractivity contribution is 9.10. The lowest BCUT2D eigenvalue weighted by atomic mass is 10.1. The van der Waals surface area contributed by atoms with Crippen LogP contribution in [0, 0.1) is 5.92 Å². The number of hydrogen-bond donors (Lipinski definition) is 1. The summed E-state index contributed by atoms with van der Waals surface area (Å²) in [6.45, 7) is 4.04. The quantitative estimate of drug-likeness (QED) is 0.907. The van der Waals surface area contributed by atoms with Crippen molar-refractivity contribution in [2.24, 2.45) is 11.7 Å². The average molecular weight is 302 g/mol. The molecule has 0 heterocycles. The van der Waals surface area contributed by atoms with Gasteiger partial charge in [-0.15, -0.1) is 11.8 Å². The molecule has 1 amide bonds. The van der Waals surface area contributed by atoms with Gasteiger partial charge in [0.05, 0.1) is 5.25 Å². The zero-order valence-corrected chi connectivity index (χ0v) is 11.8. The molecule has 0 aromatic heterocycles. The van der Waals surface area contributed by atoms with E-state index in [1.807, 2.05) is 26.0 Å². The lowest BCUT2D eigenvalue weighted by Gasteiger charge is -2.16. The Morgan fingerprint density at radius 2 is 1.94 bits per heavy atom. The summed E-state index contributed by atoms with van der Waals surface area (Å²) in [5.41, 5.74) is 6.57. The number of carbonyl (C=O) groups is 1. The summed E-state index contributed by atoms with van der Waals surface area (Å²) in [5, 5.41) is -0.108. The fourth-order valence-electron chi connectivity index (χ4n) is 1.37. The van der Waals surface area contributed by atoms with E-state index >= 15 is 0 Å². The summed E-state index contributed by atoms with van der Waals surface area (Å²) in [4.78, 5) is 11.2. The maximum Gasteiger partial charge on any atom is 0.230 e. The molecule has 0 saturated heterocycles. The number of nitrogens with two attached hydrogens (primary N) is 1. The topological polar surface area (TPSA) is 43.1 Å². The van der Waals surface area contributed by atoms with E-state index in [0.29, 0.717) is 0 Å². The molecule has 0 aliphatic heterocycles. The summed E-state index contributed by atoms with van der Waals surface area (Å²) in [5.74, 6) is 0.870. The van der Waals surface area contributed by atoms with Gasteiger partial charge in [-0.05, 0) is 23.6 Å². The van der Waals surface area contributed by atoms with Crippen LogP contribution >= 0.6 is 27.7 Å². The van der Waals surface area contributed by atoms with E-state index in [9.17, 15) is 4.79 Å². The van der Waals surface area contributed by atoms with Crippen molar-refractivity contribution in [1.82, 2.24) is 0 Å². The van der Waals surface area contributed by atoms with Crippen molar-refractivity contribution >= 4 is 33.6 Å². The normalized spacial score (nSPS) is 12.8. The molecule has 0 saturated carbocycles. The predicted molar refractivity (Wildman–Crippen MR) is 73.3 cm³/mol. The third-order valence-corrected chi connectivity index (χ3v) is 4.39. The molecular formula is C12H16BrNOS. The van der Waals surface area contributed by atoms with Crippen LogP contribution in [0.4, 0.5) is 0 Å². The molecule has 88 valence electrons. The van der Waals surface area contributed by atoms with Crippen LogP contribution in [0.5, 0.6) is 0 Å². The highest BCUT2D eigenvalue weighted by Gasteiger charge is 2.19. The second-order valence-corrected chi connectivity index (χ2v) is 6.05. The molecule has 0 bridgehead atoms. The Balaban J connectivity index is 2.55. The number of hydrogen-bond acceptors (Lipinski definition) is 2. The average Bonchev–Trinajstić information content (AvgIpc) is 2.20. The number of halogens is 1. The first-order valence-corrected chi connectivity index (χ1v) is 7.00. The minimum Gasteiger partial charge on any atom is -0.369 e. The molecule has 0 aliphatic rings. The van der Waals surface area contributed by atoms with Gasteiger partial charge in [-0.3, -0.25) is 4.79 Å². The highest BCUT2D eigenvalue weighted by atomic mass is 79.9. The summed E-state index contributed by atoms with van der Waals surface area (Å²) in [6, 6.07) is 8.11. The van der Waals surface area contributed by atoms with Gasteiger partial charge in [0.1, 0.15) is 0 Å². The molecule has 0 fully saturated rings. The third kappa shape index (κ3) is 4.18. The fourth-order valence-corrected chi connectivity index (χ4v) is 2.75. The van der Waals surface area contributed by atoms with E-state index < -0.39 is 0 Å². The van der Waals surface area contributed by atoms with E-state index in [-0.39, 0.29) is 17.1 Å². The second-order valence-electron chi connectivity index (χ2n) is 4.00. The minimum atomic E-state index is -0.225. The number of thioether (sulfide) groups is 1. The molecule has 1 aromatic carbocycles. The van der Waals surface area contributed by atoms with Gasteiger partial charge in [0.2, 0.25) is 5.91 Å². The van der Waals surface area contributed by atoms with Crippen molar-refractivity contribution < 1.29 is 4.79 Å². The van der Waals surface area contributed by atoms with Crippen LogP contribution in [-0.2, 0) is 10.5 Å². The molecule has 0 spiro atoms. The lowest BCUT2D eigenvalue weighted by Crippen LogP contribution is -2.30. The van der Waals surface area contributed by atoms with Crippen LogP contribution in [0.15, 0.2) is 28.7 Å². The van der Waals surface area contributed by atoms with Gasteiger partial charge in [-0.1, -0.05) is 41.9 Å². The summed E-state index contributed by atoms with van der Waals surface area (Å²) >= 11 is 5.00.